The van der Waals surface area contributed by atoms with Gasteiger partial charge in [-0.05, 0) is 35.6 Å². The van der Waals surface area contributed by atoms with Crippen LogP contribution in [0, 0.1) is 0 Å². The van der Waals surface area contributed by atoms with Crippen LogP contribution in [0.3, 0.4) is 0 Å². The molecule has 3 heteroatoms. The van der Waals surface area contributed by atoms with E-state index >= 15 is 0 Å². The fourth-order valence-corrected chi connectivity index (χ4v) is 3.01. The van der Waals surface area contributed by atoms with Gasteiger partial charge in [0.2, 0.25) is 0 Å². The van der Waals surface area contributed by atoms with Crippen LogP contribution in [0.1, 0.15) is 16.4 Å². The van der Waals surface area contributed by atoms with E-state index < -0.39 is 0 Å². The number of hydrogen-bond donors (Lipinski definition) is 0. The number of benzene rings is 1. The fourth-order valence-electron chi connectivity index (χ4n) is 1.67. The van der Waals surface area contributed by atoms with E-state index in [2.05, 4.69) is 57.7 Å². The van der Waals surface area contributed by atoms with Crippen molar-refractivity contribution in [3.8, 4) is 0 Å². The second-order valence-electron chi connectivity index (χ2n) is 3.69. The van der Waals surface area contributed by atoms with Crippen LogP contribution in [-0.2, 0) is 6.42 Å². The molecule has 0 saturated heterocycles. The summed E-state index contributed by atoms with van der Waals surface area (Å²) in [5, 5.41) is 2.11. The van der Waals surface area contributed by atoms with E-state index in [4.69, 9.17) is 11.6 Å². The van der Waals surface area contributed by atoms with Gasteiger partial charge >= 0.3 is 0 Å². The summed E-state index contributed by atoms with van der Waals surface area (Å²) in [7, 11) is 0. The summed E-state index contributed by atoms with van der Waals surface area (Å²) < 4.78 is 1.11. The first-order valence-corrected chi connectivity index (χ1v) is 7.34. The molecule has 0 amide bonds. The van der Waals surface area contributed by atoms with Crippen LogP contribution < -0.4 is 0 Å². The van der Waals surface area contributed by atoms with E-state index in [9.17, 15) is 0 Å². The Morgan fingerprint density at radius 2 is 1.94 bits per heavy atom. The maximum absolute atomic E-state index is 6.05. The Labute approximate surface area is 113 Å². The highest BCUT2D eigenvalue weighted by Crippen LogP contribution is 2.25. The molecule has 1 atom stereocenters. The number of thiophene rings is 1. The van der Waals surface area contributed by atoms with Gasteiger partial charge < -0.3 is 0 Å². The van der Waals surface area contributed by atoms with Crippen molar-refractivity contribution < 1.29 is 0 Å². The van der Waals surface area contributed by atoms with Crippen LogP contribution in [-0.4, -0.2) is 5.88 Å². The third-order valence-corrected chi connectivity index (χ3v) is 4.36. The summed E-state index contributed by atoms with van der Waals surface area (Å²) in [6, 6.07) is 12.7. The zero-order valence-electron chi connectivity index (χ0n) is 8.70. The fraction of sp³-hybridized carbons (Fsp3) is 0.231. The minimum absolute atomic E-state index is 0.411. The monoisotopic (exact) mass is 314 g/mol. The molecule has 1 heterocycles. The number of hydrogen-bond acceptors (Lipinski definition) is 1. The van der Waals surface area contributed by atoms with Crippen LogP contribution in [0.4, 0.5) is 0 Å². The van der Waals surface area contributed by atoms with Gasteiger partial charge in [-0.15, -0.1) is 22.9 Å². The summed E-state index contributed by atoms with van der Waals surface area (Å²) >= 11 is 11.3. The minimum atomic E-state index is 0.411. The molecule has 1 aromatic heterocycles. The molecule has 2 aromatic rings. The van der Waals surface area contributed by atoms with Crippen LogP contribution in [0.5, 0.6) is 0 Å². The minimum Gasteiger partial charge on any atom is -0.149 e. The lowest BCUT2D eigenvalue weighted by molar-refractivity contribution is 0.776. The zero-order valence-corrected chi connectivity index (χ0v) is 11.9. The predicted octanol–water partition coefficient (Wildman–Crippen LogP) is 5.08. The van der Waals surface area contributed by atoms with Crippen molar-refractivity contribution in [2.24, 2.45) is 0 Å². The molecule has 0 aliphatic rings. The van der Waals surface area contributed by atoms with Crippen molar-refractivity contribution >= 4 is 38.9 Å². The van der Waals surface area contributed by atoms with Crippen molar-refractivity contribution in [1.29, 1.82) is 0 Å². The van der Waals surface area contributed by atoms with Gasteiger partial charge in [0.1, 0.15) is 0 Å². The van der Waals surface area contributed by atoms with Crippen LogP contribution in [0.15, 0.2) is 46.3 Å². The van der Waals surface area contributed by atoms with Gasteiger partial charge in [0.25, 0.3) is 0 Å². The van der Waals surface area contributed by atoms with Gasteiger partial charge in [0.15, 0.2) is 0 Å². The van der Waals surface area contributed by atoms with Crippen molar-refractivity contribution in [2.45, 2.75) is 12.3 Å². The smallest absolute Gasteiger partial charge is 0.0295 e. The summed E-state index contributed by atoms with van der Waals surface area (Å²) in [6.45, 7) is 0. The molecule has 0 spiro atoms. The lowest BCUT2D eigenvalue weighted by Gasteiger charge is -2.13. The maximum Gasteiger partial charge on any atom is 0.0295 e. The summed E-state index contributed by atoms with van der Waals surface area (Å²) in [4.78, 5) is 1.40. The second kappa shape index (κ2) is 5.85. The largest absolute Gasteiger partial charge is 0.149 e. The van der Waals surface area contributed by atoms with Crippen LogP contribution in [0.2, 0.25) is 0 Å². The molecule has 0 bridgehead atoms. The first-order chi connectivity index (χ1) is 7.79. The number of halogens is 2. The Kier molecular flexibility index (Phi) is 4.45. The van der Waals surface area contributed by atoms with Crippen molar-refractivity contribution in [2.75, 3.05) is 5.88 Å². The molecule has 2 rings (SSSR count). The Balaban J connectivity index is 2.13. The van der Waals surface area contributed by atoms with Gasteiger partial charge in [-0.1, -0.05) is 34.1 Å². The lowest BCUT2D eigenvalue weighted by atomic mass is 9.97. The van der Waals surface area contributed by atoms with Crippen molar-refractivity contribution in [3.63, 3.8) is 0 Å². The van der Waals surface area contributed by atoms with Gasteiger partial charge in [-0.3, -0.25) is 0 Å². The molecule has 1 aromatic carbocycles. The van der Waals surface area contributed by atoms with E-state index in [0.29, 0.717) is 11.8 Å². The third-order valence-electron chi connectivity index (χ3n) is 2.56. The topological polar surface area (TPSA) is 0 Å². The summed E-state index contributed by atoms with van der Waals surface area (Å²) in [5.74, 6) is 1.08. The Bertz CT molecular complexity index is 422. The van der Waals surface area contributed by atoms with E-state index in [1.165, 1.54) is 10.4 Å². The molecule has 0 nitrogen and oxygen atoms in total. The van der Waals surface area contributed by atoms with E-state index in [1.54, 1.807) is 11.3 Å². The van der Waals surface area contributed by atoms with Gasteiger partial charge in [0, 0.05) is 21.1 Å². The van der Waals surface area contributed by atoms with E-state index in [0.717, 1.165) is 10.9 Å². The average Bonchev–Trinajstić information content (AvgIpc) is 2.80. The Hall–Kier alpha value is -0.310. The molecule has 84 valence electrons. The Morgan fingerprint density at radius 1 is 1.19 bits per heavy atom. The quantitative estimate of drug-likeness (QED) is 0.691. The van der Waals surface area contributed by atoms with Gasteiger partial charge in [-0.25, -0.2) is 0 Å². The highest BCUT2D eigenvalue weighted by Gasteiger charge is 2.11. The first-order valence-electron chi connectivity index (χ1n) is 5.13. The second-order valence-corrected chi connectivity index (χ2v) is 5.94. The zero-order chi connectivity index (χ0) is 11.4. The highest BCUT2D eigenvalue weighted by molar-refractivity contribution is 9.10. The molecular formula is C13H12BrClS. The Morgan fingerprint density at radius 3 is 2.50 bits per heavy atom. The third kappa shape index (κ3) is 3.09. The predicted molar refractivity (Wildman–Crippen MR) is 75.6 cm³/mol. The molecular weight excluding hydrogens is 304 g/mol. The molecule has 0 aliphatic heterocycles. The van der Waals surface area contributed by atoms with Crippen molar-refractivity contribution in [3.05, 3.63) is 56.7 Å². The average molecular weight is 316 g/mol. The highest BCUT2D eigenvalue weighted by atomic mass is 79.9. The summed E-state index contributed by atoms with van der Waals surface area (Å²) in [6.07, 6.45) is 1.03. The molecule has 0 N–H and O–H groups in total. The standard InChI is InChI=1S/C13H12BrClS/c14-12-5-3-10(4-6-12)11(9-15)8-13-2-1-7-16-13/h1-7,11H,8-9H2. The molecule has 0 aliphatic carbocycles. The maximum atomic E-state index is 6.05. The van der Waals surface area contributed by atoms with Crippen LogP contribution in [0.25, 0.3) is 0 Å². The lowest BCUT2D eigenvalue weighted by Crippen LogP contribution is -2.03. The molecule has 0 fully saturated rings. The van der Waals surface area contributed by atoms with E-state index in [1.807, 2.05) is 0 Å². The number of rotatable bonds is 4. The number of alkyl halides is 1. The van der Waals surface area contributed by atoms with Gasteiger partial charge in [-0.2, -0.15) is 0 Å². The summed E-state index contributed by atoms with van der Waals surface area (Å²) in [5.41, 5.74) is 1.31. The normalized spacial score (nSPS) is 12.6. The van der Waals surface area contributed by atoms with Crippen LogP contribution >= 0.6 is 38.9 Å². The van der Waals surface area contributed by atoms with Gasteiger partial charge in [0.05, 0.1) is 0 Å². The van der Waals surface area contributed by atoms with Crippen molar-refractivity contribution in [1.82, 2.24) is 0 Å². The first kappa shape index (κ1) is 12.2. The SMILES string of the molecule is ClCC(Cc1cccs1)c1ccc(Br)cc1. The molecule has 1 unspecified atom stereocenters. The molecule has 16 heavy (non-hydrogen) atoms. The molecule has 0 radical (unpaired) electrons. The van der Waals surface area contributed by atoms with E-state index in [-0.39, 0.29) is 0 Å². The molecule has 0 saturated carbocycles.